The van der Waals surface area contributed by atoms with Gasteiger partial charge in [0.15, 0.2) is 0 Å². The second-order valence-electron chi connectivity index (χ2n) is 6.20. The quantitative estimate of drug-likeness (QED) is 0.566. The van der Waals surface area contributed by atoms with Crippen LogP contribution in [-0.4, -0.2) is 32.2 Å². The zero-order valence-electron chi connectivity index (χ0n) is 15.4. The summed E-state index contributed by atoms with van der Waals surface area (Å²) in [6, 6.07) is 8.30. The molecule has 0 spiro atoms. The Morgan fingerprint density at radius 3 is 2.85 bits per heavy atom. The molecule has 4 N–H and O–H groups in total. The first-order valence-electron chi connectivity index (χ1n) is 8.81. The Morgan fingerprint density at radius 2 is 2.15 bits per heavy atom. The number of nitrogens with one attached hydrogen (secondary N) is 2. The van der Waals surface area contributed by atoms with Gasteiger partial charge in [0.05, 0.1) is 17.4 Å². The van der Waals surface area contributed by atoms with Gasteiger partial charge in [-0.2, -0.15) is 10.1 Å². The van der Waals surface area contributed by atoms with Gasteiger partial charge in [-0.05, 0) is 25.8 Å². The van der Waals surface area contributed by atoms with Gasteiger partial charge in [-0.3, -0.25) is 9.48 Å². The number of benzene rings is 1. The summed E-state index contributed by atoms with van der Waals surface area (Å²) in [4.78, 5) is 20.3. The van der Waals surface area contributed by atoms with Crippen molar-refractivity contribution in [2.75, 3.05) is 17.2 Å². The molecule has 0 radical (unpaired) electrons. The number of aryl methyl sites for hydroxylation is 2. The normalized spacial score (nSPS) is 10.6. The molecule has 27 heavy (non-hydrogen) atoms. The van der Waals surface area contributed by atoms with Crippen LogP contribution in [0.2, 0.25) is 0 Å². The highest BCUT2D eigenvalue weighted by molar-refractivity contribution is 5.97. The van der Waals surface area contributed by atoms with Crippen molar-refractivity contribution in [2.45, 2.75) is 26.8 Å². The molecule has 0 saturated heterocycles. The Balaban J connectivity index is 1.72. The zero-order valence-corrected chi connectivity index (χ0v) is 15.4. The summed E-state index contributed by atoms with van der Waals surface area (Å²) < 4.78 is 1.79. The van der Waals surface area contributed by atoms with E-state index in [1.165, 1.54) is 17.3 Å². The minimum absolute atomic E-state index is 0.258. The molecule has 1 aromatic carbocycles. The van der Waals surface area contributed by atoms with Crippen LogP contribution in [-0.2, 0) is 13.0 Å². The van der Waals surface area contributed by atoms with Crippen molar-refractivity contribution < 1.29 is 4.79 Å². The zero-order chi connectivity index (χ0) is 19.2. The molecular formula is C19H23N7O. The number of aromatic nitrogens is 4. The summed E-state index contributed by atoms with van der Waals surface area (Å²) in [6.07, 6.45) is 5.78. The molecule has 0 atom stereocenters. The van der Waals surface area contributed by atoms with Gasteiger partial charge >= 0.3 is 0 Å². The van der Waals surface area contributed by atoms with Crippen LogP contribution in [0.4, 0.5) is 17.5 Å². The summed E-state index contributed by atoms with van der Waals surface area (Å²) in [7, 11) is 0. The van der Waals surface area contributed by atoms with Crippen molar-refractivity contribution in [2.24, 2.45) is 5.73 Å². The van der Waals surface area contributed by atoms with E-state index in [0.29, 0.717) is 18.3 Å². The maximum absolute atomic E-state index is 11.7. The number of rotatable bonds is 8. The number of hydrogen-bond donors (Lipinski definition) is 3. The minimum Gasteiger partial charge on any atom is -0.369 e. The van der Waals surface area contributed by atoms with E-state index in [9.17, 15) is 4.79 Å². The molecule has 0 saturated carbocycles. The predicted molar refractivity (Wildman–Crippen MR) is 105 cm³/mol. The average molecular weight is 365 g/mol. The van der Waals surface area contributed by atoms with Gasteiger partial charge in [-0.15, -0.1) is 0 Å². The van der Waals surface area contributed by atoms with E-state index in [0.717, 1.165) is 18.7 Å². The van der Waals surface area contributed by atoms with Gasteiger partial charge in [0.1, 0.15) is 5.82 Å². The maximum atomic E-state index is 11.7. The van der Waals surface area contributed by atoms with Crippen molar-refractivity contribution in [1.82, 2.24) is 19.7 Å². The molecule has 0 unspecified atom stereocenters. The topological polar surface area (TPSA) is 111 Å². The minimum atomic E-state index is -0.571. The molecule has 140 valence electrons. The third kappa shape index (κ3) is 4.81. The number of nitrogens with zero attached hydrogens (tertiary/aromatic N) is 4. The maximum Gasteiger partial charge on any atom is 0.254 e. The first-order valence-corrected chi connectivity index (χ1v) is 8.81. The standard InChI is InChI=1S/C19H23N7O/c1-3-26-12-15(10-23-26)24-19-22-11-16(17(20)27)18(25-19)21-8-7-14-6-4-5-13(2)9-14/h4-6,9-12H,3,7-8H2,1-2H3,(H2,20,27)(H2,21,22,24,25). The second kappa shape index (κ2) is 8.31. The fourth-order valence-corrected chi connectivity index (χ4v) is 2.68. The fourth-order valence-electron chi connectivity index (χ4n) is 2.68. The predicted octanol–water partition coefficient (Wildman–Crippen LogP) is 2.50. The lowest BCUT2D eigenvalue weighted by Gasteiger charge is -2.11. The highest BCUT2D eigenvalue weighted by Crippen LogP contribution is 2.17. The molecule has 2 aromatic heterocycles. The van der Waals surface area contributed by atoms with Crippen molar-refractivity contribution in [3.8, 4) is 0 Å². The molecule has 0 aliphatic carbocycles. The molecule has 0 bridgehead atoms. The largest absolute Gasteiger partial charge is 0.369 e. The van der Waals surface area contributed by atoms with E-state index in [1.807, 2.05) is 19.2 Å². The number of carbonyl (C=O) groups is 1. The molecule has 3 rings (SSSR count). The van der Waals surface area contributed by atoms with E-state index in [2.05, 4.69) is 50.8 Å². The van der Waals surface area contributed by atoms with Gasteiger partial charge in [0, 0.05) is 25.5 Å². The third-order valence-electron chi connectivity index (χ3n) is 4.06. The summed E-state index contributed by atoms with van der Waals surface area (Å²) in [5.74, 6) is 0.211. The van der Waals surface area contributed by atoms with E-state index in [1.54, 1.807) is 10.9 Å². The van der Waals surface area contributed by atoms with Crippen molar-refractivity contribution in [3.63, 3.8) is 0 Å². The van der Waals surface area contributed by atoms with Gasteiger partial charge in [0.2, 0.25) is 5.95 Å². The molecule has 8 heteroatoms. The van der Waals surface area contributed by atoms with Crippen LogP contribution in [0.5, 0.6) is 0 Å². The lowest BCUT2D eigenvalue weighted by molar-refractivity contribution is 0.100. The van der Waals surface area contributed by atoms with Crippen LogP contribution < -0.4 is 16.4 Å². The lowest BCUT2D eigenvalue weighted by atomic mass is 10.1. The molecular weight excluding hydrogens is 342 g/mol. The smallest absolute Gasteiger partial charge is 0.254 e. The van der Waals surface area contributed by atoms with E-state index >= 15 is 0 Å². The third-order valence-corrected chi connectivity index (χ3v) is 4.06. The van der Waals surface area contributed by atoms with Gasteiger partial charge in [0.25, 0.3) is 5.91 Å². The number of anilines is 3. The van der Waals surface area contributed by atoms with E-state index in [-0.39, 0.29) is 5.56 Å². The number of nitrogens with two attached hydrogens (primary N) is 1. The fraction of sp³-hybridized carbons (Fsp3) is 0.263. The van der Waals surface area contributed by atoms with Crippen LogP contribution in [0.15, 0.2) is 42.9 Å². The van der Waals surface area contributed by atoms with Crippen LogP contribution in [0.25, 0.3) is 0 Å². The molecule has 0 aliphatic heterocycles. The Labute approximate surface area is 157 Å². The number of carbonyl (C=O) groups excluding carboxylic acids is 1. The number of amides is 1. The van der Waals surface area contributed by atoms with Gasteiger partial charge < -0.3 is 16.4 Å². The van der Waals surface area contributed by atoms with Crippen molar-refractivity contribution >= 4 is 23.4 Å². The van der Waals surface area contributed by atoms with Gasteiger partial charge in [-0.1, -0.05) is 29.8 Å². The van der Waals surface area contributed by atoms with Gasteiger partial charge in [-0.25, -0.2) is 4.98 Å². The average Bonchev–Trinajstić information content (AvgIpc) is 3.09. The van der Waals surface area contributed by atoms with Crippen LogP contribution in [0.3, 0.4) is 0 Å². The van der Waals surface area contributed by atoms with Crippen molar-refractivity contribution in [3.05, 3.63) is 59.5 Å². The molecule has 2 heterocycles. The van der Waals surface area contributed by atoms with E-state index < -0.39 is 5.91 Å². The summed E-state index contributed by atoms with van der Waals surface area (Å²) in [5.41, 5.74) is 8.90. The van der Waals surface area contributed by atoms with E-state index in [4.69, 9.17) is 5.73 Å². The molecule has 0 aliphatic rings. The molecule has 3 aromatic rings. The highest BCUT2D eigenvalue weighted by atomic mass is 16.1. The monoisotopic (exact) mass is 365 g/mol. The Morgan fingerprint density at radius 1 is 1.30 bits per heavy atom. The number of hydrogen-bond acceptors (Lipinski definition) is 6. The first kappa shape index (κ1) is 18.4. The molecule has 1 amide bonds. The highest BCUT2D eigenvalue weighted by Gasteiger charge is 2.12. The summed E-state index contributed by atoms with van der Waals surface area (Å²) >= 11 is 0. The van der Waals surface area contributed by atoms with Crippen molar-refractivity contribution in [1.29, 1.82) is 0 Å². The molecule has 0 fully saturated rings. The molecule has 8 nitrogen and oxygen atoms in total. The van der Waals surface area contributed by atoms with Crippen LogP contribution in [0.1, 0.15) is 28.4 Å². The van der Waals surface area contributed by atoms with Crippen LogP contribution in [0, 0.1) is 6.92 Å². The summed E-state index contributed by atoms with van der Waals surface area (Å²) in [5, 5.41) is 10.5. The summed E-state index contributed by atoms with van der Waals surface area (Å²) in [6.45, 7) is 5.46. The second-order valence-corrected chi connectivity index (χ2v) is 6.20. The Kier molecular flexibility index (Phi) is 5.65. The SMILES string of the molecule is CCn1cc(Nc2ncc(C(N)=O)c(NCCc3cccc(C)c3)n2)cn1. The Bertz CT molecular complexity index is 935. The first-order chi connectivity index (χ1) is 13.0. The van der Waals surface area contributed by atoms with Crippen LogP contribution >= 0.6 is 0 Å². The lowest BCUT2D eigenvalue weighted by Crippen LogP contribution is -2.18. The number of primary amides is 1. The Hall–Kier alpha value is -3.42.